The highest BCUT2D eigenvalue weighted by Gasteiger charge is 2.48. The summed E-state index contributed by atoms with van der Waals surface area (Å²) < 4.78 is 80.5. The molecule has 12 heteroatoms. The first-order valence-electron chi connectivity index (χ1n) is 9.26. The molecule has 0 spiro atoms. The number of rotatable bonds is 4. The van der Waals surface area contributed by atoms with Gasteiger partial charge in [-0.05, 0) is 30.9 Å². The van der Waals surface area contributed by atoms with Gasteiger partial charge in [0.25, 0.3) is 0 Å². The fourth-order valence-corrected chi connectivity index (χ4v) is 4.26. The molecule has 0 aliphatic carbocycles. The van der Waals surface area contributed by atoms with Gasteiger partial charge in [0.05, 0.1) is 12.1 Å². The molecule has 2 N–H and O–H groups in total. The topological polar surface area (TPSA) is 77.0 Å². The maximum atomic E-state index is 13.8. The van der Waals surface area contributed by atoms with Crippen molar-refractivity contribution in [2.45, 2.75) is 56.5 Å². The summed E-state index contributed by atoms with van der Waals surface area (Å²) in [5.74, 6) is -4.95. The molecule has 0 saturated carbocycles. The van der Waals surface area contributed by atoms with Crippen LogP contribution in [0.2, 0.25) is 0 Å². The van der Waals surface area contributed by atoms with Crippen LogP contribution < -0.4 is 5.73 Å². The van der Waals surface area contributed by atoms with E-state index >= 15 is 0 Å². The Morgan fingerprint density at radius 2 is 1.83 bits per heavy atom. The average Bonchev–Trinajstić information content (AvgIpc) is 3.21. The molecule has 0 radical (unpaired) electrons. The minimum Gasteiger partial charge on any atom is -0.328 e. The van der Waals surface area contributed by atoms with Gasteiger partial charge in [0.15, 0.2) is 17.5 Å². The highest BCUT2D eigenvalue weighted by Crippen LogP contribution is 2.43. The molecule has 6 nitrogen and oxygen atoms in total. The van der Waals surface area contributed by atoms with Gasteiger partial charge < -0.3 is 15.2 Å². The third kappa shape index (κ3) is 3.53. The smallest absolute Gasteiger partial charge is 0.328 e. The second-order valence-electron chi connectivity index (χ2n) is 7.56. The summed E-state index contributed by atoms with van der Waals surface area (Å²) in [6, 6.07) is -0.885. The second-order valence-corrected chi connectivity index (χ2v) is 7.56. The average molecular weight is 433 g/mol. The zero-order valence-electron chi connectivity index (χ0n) is 15.5. The first kappa shape index (κ1) is 20.6. The van der Waals surface area contributed by atoms with Gasteiger partial charge in [-0.2, -0.15) is 13.2 Å². The number of benzene rings is 1. The molecule has 0 unspecified atom stereocenters. The van der Waals surface area contributed by atoms with Gasteiger partial charge in [0.2, 0.25) is 11.7 Å². The summed E-state index contributed by atoms with van der Waals surface area (Å²) in [5.41, 5.74) is 5.76. The summed E-state index contributed by atoms with van der Waals surface area (Å²) in [7, 11) is 0. The van der Waals surface area contributed by atoms with Crippen LogP contribution in [-0.2, 0) is 23.9 Å². The van der Waals surface area contributed by atoms with E-state index in [-0.39, 0.29) is 30.8 Å². The third-order valence-corrected chi connectivity index (χ3v) is 5.52. The molecule has 3 heterocycles. The zero-order valence-corrected chi connectivity index (χ0v) is 15.5. The number of aromatic nitrogens is 3. The second kappa shape index (κ2) is 7.25. The Morgan fingerprint density at radius 3 is 2.53 bits per heavy atom. The molecule has 162 valence electrons. The number of carbonyl (C=O) groups is 1. The van der Waals surface area contributed by atoms with Crippen molar-refractivity contribution in [3.63, 3.8) is 0 Å². The van der Waals surface area contributed by atoms with Crippen molar-refractivity contribution < 1.29 is 31.1 Å². The Morgan fingerprint density at radius 1 is 1.13 bits per heavy atom. The SMILES string of the molecule is N[C@@H](CC(=O)N1[C@@H]2CC[C@H]1c1nnc(C(F)(F)F)n1C2)Cc1cc(F)c(F)cc1F. The molecule has 1 amide bonds. The zero-order chi connectivity index (χ0) is 21.8. The molecule has 2 bridgehead atoms. The summed E-state index contributed by atoms with van der Waals surface area (Å²) in [6.07, 6.45) is -4.13. The van der Waals surface area contributed by atoms with Gasteiger partial charge in [-0.1, -0.05) is 0 Å². The van der Waals surface area contributed by atoms with Crippen molar-refractivity contribution in [2.75, 3.05) is 0 Å². The van der Waals surface area contributed by atoms with E-state index in [9.17, 15) is 31.1 Å². The fourth-order valence-electron chi connectivity index (χ4n) is 4.26. The lowest BCUT2D eigenvalue weighted by molar-refractivity contribution is -0.148. The van der Waals surface area contributed by atoms with Crippen molar-refractivity contribution in [1.29, 1.82) is 0 Å². The lowest BCUT2D eigenvalue weighted by atomic mass is 10.0. The Bertz CT molecular complexity index is 990. The molecule has 30 heavy (non-hydrogen) atoms. The molecule has 2 aliphatic heterocycles. The Labute approximate surface area is 166 Å². The van der Waals surface area contributed by atoms with Crippen LogP contribution in [0.15, 0.2) is 12.1 Å². The van der Waals surface area contributed by atoms with Crippen LogP contribution >= 0.6 is 0 Å². The van der Waals surface area contributed by atoms with Gasteiger partial charge in [-0.25, -0.2) is 13.2 Å². The van der Waals surface area contributed by atoms with Crippen molar-refractivity contribution >= 4 is 5.91 Å². The van der Waals surface area contributed by atoms with Crippen LogP contribution in [0.1, 0.15) is 42.5 Å². The molecule has 1 aromatic carbocycles. The minimum atomic E-state index is -4.65. The van der Waals surface area contributed by atoms with Crippen molar-refractivity contribution in [2.24, 2.45) is 5.73 Å². The van der Waals surface area contributed by atoms with Gasteiger partial charge in [-0.3, -0.25) is 4.79 Å². The standard InChI is InChI=1S/C18H17F6N5O/c19-11-6-13(21)12(20)4-8(11)3-9(25)5-15(30)29-10-1-2-14(29)16-26-27-17(18(22,23)24)28(16)7-10/h4,6,9-10,14H,1-3,5,7,25H2/t9-,10-,14+/m1/s1. The number of carbonyl (C=O) groups excluding carboxylic acids is 1. The van der Waals surface area contributed by atoms with E-state index in [2.05, 4.69) is 10.2 Å². The van der Waals surface area contributed by atoms with Crippen LogP contribution in [0, 0.1) is 17.5 Å². The largest absolute Gasteiger partial charge is 0.451 e. The number of fused-ring (bicyclic) bond motifs is 4. The van der Waals surface area contributed by atoms with Crippen LogP contribution in [0.25, 0.3) is 0 Å². The molecule has 1 fully saturated rings. The number of hydrogen-bond acceptors (Lipinski definition) is 4. The monoisotopic (exact) mass is 433 g/mol. The van der Waals surface area contributed by atoms with Crippen LogP contribution in [0.3, 0.4) is 0 Å². The Balaban J connectivity index is 1.48. The van der Waals surface area contributed by atoms with Crippen molar-refractivity contribution in [3.05, 3.63) is 46.8 Å². The van der Waals surface area contributed by atoms with E-state index in [4.69, 9.17) is 5.73 Å². The molecular formula is C18H17F6N5O. The minimum absolute atomic E-state index is 0.0737. The van der Waals surface area contributed by atoms with E-state index < -0.39 is 53.5 Å². The lowest BCUT2D eigenvalue weighted by Gasteiger charge is -2.36. The normalized spacial score (nSPS) is 21.6. The van der Waals surface area contributed by atoms with Gasteiger partial charge in [0, 0.05) is 25.1 Å². The maximum Gasteiger partial charge on any atom is 0.451 e. The molecular weight excluding hydrogens is 416 g/mol. The van der Waals surface area contributed by atoms with E-state index in [1.165, 1.54) is 4.90 Å². The summed E-state index contributed by atoms with van der Waals surface area (Å²) in [6.45, 7) is -0.0769. The summed E-state index contributed by atoms with van der Waals surface area (Å²) in [4.78, 5) is 14.3. The van der Waals surface area contributed by atoms with Crippen molar-refractivity contribution in [3.8, 4) is 0 Å². The molecule has 3 atom stereocenters. The highest BCUT2D eigenvalue weighted by atomic mass is 19.4. The Kier molecular flexibility index (Phi) is 4.99. The number of nitrogens with zero attached hydrogens (tertiary/aromatic N) is 4. The molecule has 2 aliphatic rings. The number of halogens is 6. The van der Waals surface area contributed by atoms with Crippen LogP contribution in [-0.4, -0.2) is 37.7 Å². The van der Waals surface area contributed by atoms with Crippen molar-refractivity contribution in [1.82, 2.24) is 19.7 Å². The number of hydrogen-bond donors (Lipinski definition) is 1. The van der Waals surface area contributed by atoms with Crippen LogP contribution in [0.5, 0.6) is 0 Å². The molecule has 1 aromatic heterocycles. The summed E-state index contributed by atoms with van der Waals surface area (Å²) >= 11 is 0. The van der Waals surface area contributed by atoms with Gasteiger partial charge >= 0.3 is 6.18 Å². The van der Waals surface area contributed by atoms with E-state index in [1.807, 2.05) is 0 Å². The predicted octanol–water partition coefficient (Wildman–Crippen LogP) is 2.72. The first-order chi connectivity index (χ1) is 14.1. The lowest BCUT2D eigenvalue weighted by Crippen LogP contribution is -2.46. The number of alkyl halides is 3. The molecule has 2 aromatic rings. The third-order valence-electron chi connectivity index (χ3n) is 5.52. The molecule has 1 saturated heterocycles. The molecule has 4 rings (SSSR count). The van der Waals surface area contributed by atoms with E-state index in [0.717, 1.165) is 4.57 Å². The summed E-state index contributed by atoms with van der Waals surface area (Å²) in [5, 5.41) is 6.89. The highest BCUT2D eigenvalue weighted by molar-refractivity contribution is 5.78. The number of amides is 1. The Hall–Kier alpha value is -2.63. The predicted molar refractivity (Wildman–Crippen MR) is 90.2 cm³/mol. The fraction of sp³-hybridized carbons (Fsp3) is 0.500. The van der Waals surface area contributed by atoms with Gasteiger partial charge in [0.1, 0.15) is 5.82 Å². The van der Waals surface area contributed by atoms with Crippen LogP contribution in [0.4, 0.5) is 26.3 Å². The van der Waals surface area contributed by atoms with E-state index in [0.29, 0.717) is 25.0 Å². The first-order valence-corrected chi connectivity index (χ1v) is 9.26. The van der Waals surface area contributed by atoms with Gasteiger partial charge in [-0.15, -0.1) is 10.2 Å². The van der Waals surface area contributed by atoms with E-state index in [1.54, 1.807) is 0 Å². The number of nitrogens with two attached hydrogens (primary N) is 1. The maximum absolute atomic E-state index is 13.8. The quantitative estimate of drug-likeness (QED) is 0.594.